The number of carbonyl (C=O) groups excluding carboxylic acids is 8. The number of hydrogen-bond donors (Lipinski definition) is 12. The van der Waals surface area contributed by atoms with Gasteiger partial charge in [-0.05, 0) is 59.2 Å². The molecule has 0 saturated carbocycles. The zero-order chi connectivity index (χ0) is 43.2. The Morgan fingerprint density at radius 2 is 1.44 bits per heavy atom. The molecule has 1 aliphatic rings. The molecule has 1 heterocycles. The Kier molecular flexibility index (Phi) is 24.1. The third-order valence-corrected chi connectivity index (χ3v) is 9.58. The van der Waals surface area contributed by atoms with Crippen molar-refractivity contribution in [2.24, 2.45) is 23.1 Å². The van der Waals surface area contributed by atoms with Crippen LogP contribution in [0.2, 0.25) is 0 Å². The van der Waals surface area contributed by atoms with E-state index in [2.05, 4.69) is 49.8 Å². The van der Waals surface area contributed by atoms with Gasteiger partial charge in [-0.15, -0.1) is 0 Å². The Morgan fingerprint density at radius 1 is 0.825 bits per heavy atom. The van der Waals surface area contributed by atoms with Crippen molar-refractivity contribution in [3.8, 4) is 0 Å². The number of nitrogens with zero attached hydrogens (tertiary/aromatic N) is 1. The zero-order valence-corrected chi connectivity index (χ0v) is 34.2. The topological polar surface area (TPSA) is 339 Å². The highest BCUT2D eigenvalue weighted by Gasteiger charge is 2.41. The monoisotopic (exact) mass is 829 g/mol. The van der Waals surface area contributed by atoms with Crippen molar-refractivity contribution in [2.45, 2.75) is 115 Å². The molecule has 0 aromatic carbocycles. The number of aliphatic carboxylic acids is 1. The van der Waals surface area contributed by atoms with Crippen molar-refractivity contribution in [3.63, 3.8) is 0 Å². The van der Waals surface area contributed by atoms with Gasteiger partial charge in [-0.3, -0.25) is 58.7 Å². The molecule has 57 heavy (non-hydrogen) atoms. The van der Waals surface area contributed by atoms with E-state index < -0.39 is 96.5 Å². The second kappa shape index (κ2) is 26.9. The van der Waals surface area contributed by atoms with E-state index in [1.807, 2.05) is 0 Å². The van der Waals surface area contributed by atoms with Gasteiger partial charge < -0.3 is 48.9 Å². The summed E-state index contributed by atoms with van der Waals surface area (Å²) < 4.78 is 0. The average molecular weight is 830 g/mol. The van der Waals surface area contributed by atoms with E-state index in [-0.39, 0.29) is 75.2 Å². The summed E-state index contributed by atoms with van der Waals surface area (Å²) in [5, 5.41) is 28.3. The third-order valence-electron chi connectivity index (χ3n) is 9.21. The molecule has 0 bridgehead atoms. The molecular formula is C35H63N11O10S. The van der Waals surface area contributed by atoms with Gasteiger partial charge in [0.15, 0.2) is 5.78 Å². The predicted octanol–water partition coefficient (Wildman–Crippen LogP) is -4.42. The minimum atomic E-state index is -1.61. The van der Waals surface area contributed by atoms with E-state index in [0.29, 0.717) is 19.4 Å². The fourth-order valence-electron chi connectivity index (χ4n) is 5.62. The number of carboxylic acid groups (broad SMARTS) is 1. The molecule has 21 nitrogen and oxygen atoms in total. The second-order valence-corrected chi connectivity index (χ2v) is 14.5. The van der Waals surface area contributed by atoms with Crippen LogP contribution in [-0.4, -0.2) is 151 Å². The number of amides is 5. The lowest BCUT2D eigenvalue weighted by Gasteiger charge is -2.26. The van der Waals surface area contributed by atoms with Gasteiger partial charge in [-0.25, -0.2) is 0 Å². The number of carbonyl (C=O) groups is 9. The lowest BCUT2D eigenvalue weighted by atomic mass is 9.95. The summed E-state index contributed by atoms with van der Waals surface area (Å²) in [6, 6.07) is -6.93. The minimum Gasteiger partial charge on any atom is -0.481 e. The maximum Gasteiger partial charge on any atom is 0.303 e. The minimum absolute atomic E-state index is 0.0427. The number of Topliss-reactive ketones (excluding diaryl/α,β-unsaturated/α-hetero) is 3. The second-order valence-electron chi connectivity index (χ2n) is 14.1. The molecule has 0 spiro atoms. The highest BCUT2D eigenvalue weighted by Crippen LogP contribution is 2.14. The predicted molar refractivity (Wildman–Crippen MR) is 212 cm³/mol. The van der Waals surface area contributed by atoms with Crippen LogP contribution in [-0.2, 0) is 43.2 Å². The molecule has 0 aliphatic carbocycles. The normalized spacial score (nSPS) is 16.9. The van der Waals surface area contributed by atoms with E-state index in [0.717, 1.165) is 4.90 Å². The Hall–Kier alpha value is -3.90. The summed E-state index contributed by atoms with van der Waals surface area (Å²) in [6.07, 6.45) is -0.939. The first-order valence-electron chi connectivity index (χ1n) is 19.2. The van der Waals surface area contributed by atoms with Crippen LogP contribution in [0.4, 0.5) is 0 Å². The number of nitrogens with two attached hydrogens (primary N) is 3. The largest absolute Gasteiger partial charge is 0.481 e. The van der Waals surface area contributed by atoms with Gasteiger partial charge in [0.05, 0.1) is 43.2 Å². The molecule has 0 aromatic rings. The standard InChI is InChI=1S/C35H63N11O10S/c1-19(2)31(53)40-14-15-46-27(48)16-24(34(46)56)43-25(18-57)33(55)45-23(9-7-13-41-35(37)38)32(54)44-22(10-11-28(49)50)30(52)29(51)21(8-5-6-12-36)42-17-26(47)20(3)39-4/h19-25,35,39,41-43,57H,5-18,36-38H2,1-4H3,(H,40,53)(H,44,54)(H,45,55)(H,49,50)/t20-,21-,22-,23-,24?,25-/m0/s1. The quantitative estimate of drug-likeness (QED) is 0.0103. The molecule has 1 aliphatic heterocycles. The Labute approximate surface area is 338 Å². The van der Waals surface area contributed by atoms with Gasteiger partial charge in [0.25, 0.3) is 0 Å². The molecule has 5 amide bonds. The highest BCUT2D eigenvalue weighted by atomic mass is 32.1. The first kappa shape index (κ1) is 51.1. The number of hydrogen-bond acceptors (Lipinski definition) is 17. The maximum absolute atomic E-state index is 13.8. The molecule has 22 heteroatoms. The lowest BCUT2D eigenvalue weighted by molar-refractivity contribution is -0.142. The van der Waals surface area contributed by atoms with Crippen molar-refractivity contribution in [1.82, 2.24) is 42.1 Å². The van der Waals surface area contributed by atoms with Gasteiger partial charge in [0, 0.05) is 31.2 Å². The molecule has 14 N–H and O–H groups in total. The number of carboxylic acids is 1. The summed E-state index contributed by atoms with van der Waals surface area (Å²) in [5.74, 6) is -7.18. The van der Waals surface area contributed by atoms with Crippen LogP contribution in [0.25, 0.3) is 0 Å². The molecule has 0 radical (unpaired) electrons. The molecular weight excluding hydrogens is 767 g/mol. The molecule has 1 unspecified atom stereocenters. The number of unbranched alkanes of at least 4 members (excludes halogenated alkanes) is 1. The van der Waals surface area contributed by atoms with E-state index in [9.17, 15) is 48.3 Å². The van der Waals surface area contributed by atoms with Crippen molar-refractivity contribution < 1.29 is 48.3 Å². The van der Waals surface area contributed by atoms with Gasteiger partial charge in [-0.1, -0.05) is 20.3 Å². The van der Waals surface area contributed by atoms with Crippen molar-refractivity contribution in [2.75, 3.05) is 45.5 Å². The highest BCUT2D eigenvalue weighted by molar-refractivity contribution is 7.80. The van der Waals surface area contributed by atoms with Crippen LogP contribution in [0.5, 0.6) is 0 Å². The number of ketones is 3. The number of likely N-dealkylation sites (tertiary alicyclic amines) is 1. The van der Waals surface area contributed by atoms with Crippen LogP contribution < -0.4 is 54.4 Å². The Bertz CT molecular complexity index is 1400. The smallest absolute Gasteiger partial charge is 0.303 e. The molecule has 324 valence electrons. The lowest BCUT2D eigenvalue weighted by Crippen LogP contribution is -2.58. The fraction of sp³-hybridized carbons (Fsp3) is 0.743. The molecule has 1 rings (SSSR count). The summed E-state index contributed by atoms with van der Waals surface area (Å²) in [5.41, 5.74) is 16.7. The zero-order valence-electron chi connectivity index (χ0n) is 33.3. The summed E-state index contributed by atoms with van der Waals surface area (Å²) >= 11 is 4.24. The van der Waals surface area contributed by atoms with Gasteiger partial charge >= 0.3 is 5.97 Å². The van der Waals surface area contributed by atoms with Crippen LogP contribution in [0.15, 0.2) is 0 Å². The molecule has 6 atom stereocenters. The van der Waals surface area contributed by atoms with Gasteiger partial charge in [0.1, 0.15) is 12.3 Å². The number of likely N-dealkylation sites (N-methyl/N-ethyl adjacent to an activating group) is 1. The summed E-state index contributed by atoms with van der Waals surface area (Å²) in [7, 11) is 1.59. The van der Waals surface area contributed by atoms with E-state index >= 15 is 0 Å². The van der Waals surface area contributed by atoms with Crippen LogP contribution in [0.1, 0.15) is 72.1 Å². The van der Waals surface area contributed by atoms with Crippen LogP contribution in [0.3, 0.4) is 0 Å². The van der Waals surface area contributed by atoms with E-state index in [4.69, 9.17) is 17.2 Å². The maximum atomic E-state index is 13.8. The first-order chi connectivity index (χ1) is 26.9. The Balaban J connectivity index is 3.24. The molecule has 0 aromatic heterocycles. The van der Waals surface area contributed by atoms with E-state index in [1.165, 1.54) is 0 Å². The Morgan fingerprint density at radius 3 is 2.02 bits per heavy atom. The van der Waals surface area contributed by atoms with E-state index in [1.54, 1.807) is 27.8 Å². The van der Waals surface area contributed by atoms with Crippen molar-refractivity contribution in [1.29, 1.82) is 0 Å². The number of thiol groups is 1. The summed E-state index contributed by atoms with van der Waals surface area (Å²) in [6.45, 7) is 5.27. The number of rotatable bonds is 31. The first-order valence-corrected chi connectivity index (χ1v) is 19.8. The molecule has 1 saturated heterocycles. The van der Waals surface area contributed by atoms with Crippen molar-refractivity contribution in [3.05, 3.63) is 0 Å². The van der Waals surface area contributed by atoms with Crippen molar-refractivity contribution >= 4 is 65.5 Å². The van der Waals surface area contributed by atoms with Crippen LogP contribution >= 0.6 is 12.6 Å². The van der Waals surface area contributed by atoms with Gasteiger partial charge in [0.2, 0.25) is 41.1 Å². The summed E-state index contributed by atoms with van der Waals surface area (Å²) in [4.78, 5) is 117. The number of imide groups is 1. The SMILES string of the molecule is CN[C@@H](C)C(=O)CN[C@@H](CCCCN)C(=O)C(=O)[C@H](CCC(=O)O)NC(=O)[C@H](CCCNC(N)N)NC(=O)[C@H](CS)NC1CC(=O)N(CCNC(=O)C(C)C)C1=O. The average Bonchev–Trinajstić information content (AvgIpc) is 3.43. The number of nitrogens with one attached hydrogen (secondary N) is 7. The fourth-order valence-corrected chi connectivity index (χ4v) is 5.89. The van der Waals surface area contributed by atoms with Gasteiger partial charge in [-0.2, -0.15) is 12.6 Å². The molecule has 1 fully saturated rings. The van der Waals surface area contributed by atoms with Crippen LogP contribution in [0, 0.1) is 5.92 Å². The third kappa shape index (κ3) is 18.5.